The van der Waals surface area contributed by atoms with Crippen LogP contribution in [-0.4, -0.2) is 0 Å². The quantitative estimate of drug-likeness (QED) is 0.567. The fourth-order valence-corrected chi connectivity index (χ4v) is 2.77. The summed E-state index contributed by atoms with van der Waals surface area (Å²) in [5.41, 5.74) is 4.40. The maximum atomic E-state index is 13.9. The number of hydrogen-bond donors (Lipinski definition) is 0. The molecule has 0 bridgehead atoms. The van der Waals surface area contributed by atoms with Gasteiger partial charge in [0.25, 0.3) is 0 Å². The standard InChI is InChI=1S/C17H19F.2C2H6/c1-5-12-10-13-8-9-16(18)15(7-3)17(13)11(4)14(12)6-2;2*1-2/h6,8-10H,2,5,7H2,1,3-4H3;2*1-2H3. The minimum atomic E-state index is -0.104. The Hall–Kier alpha value is -1.63. The minimum absolute atomic E-state index is 0.104. The molecule has 0 atom stereocenters. The zero-order valence-electron chi connectivity index (χ0n) is 15.3. The van der Waals surface area contributed by atoms with Crippen molar-refractivity contribution >= 4 is 16.8 Å². The van der Waals surface area contributed by atoms with E-state index in [1.807, 2.05) is 46.8 Å². The van der Waals surface area contributed by atoms with Crippen molar-refractivity contribution in [3.63, 3.8) is 0 Å². The Morgan fingerprint density at radius 1 is 1.05 bits per heavy atom. The fraction of sp³-hybridized carbons (Fsp3) is 0.429. The Morgan fingerprint density at radius 3 is 2.09 bits per heavy atom. The molecule has 2 aromatic carbocycles. The third kappa shape index (κ3) is 3.97. The maximum absolute atomic E-state index is 13.9. The SMILES string of the molecule is C=Cc1c(CC)cc2ccc(F)c(CC)c2c1C.CC.CC. The molecule has 0 saturated heterocycles. The molecule has 1 heteroatoms. The molecule has 22 heavy (non-hydrogen) atoms. The van der Waals surface area contributed by atoms with Crippen LogP contribution in [0.1, 0.15) is 63.8 Å². The summed E-state index contributed by atoms with van der Waals surface area (Å²) >= 11 is 0. The molecule has 0 heterocycles. The number of rotatable bonds is 3. The fourth-order valence-electron chi connectivity index (χ4n) is 2.77. The lowest BCUT2D eigenvalue weighted by Crippen LogP contribution is -1.97. The van der Waals surface area contributed by atoms with Crippen molar-refractivity contribution in [2.24, 2.45) is 0 Å². The van der Waals surface area contributed by atoms with E-state index in [0.717, 1.165) is 33.9 Å². The lowest BCUT2D eigenvalue weighted by Gasteiger charge is -2.15. The summed E-state index contributed by atoms with van der Waals surface area (Å²) in [7, 11) is 0. The summed E-state index contributed by atoms with van der Waals surface area (Å²) in [6.07, 6.45) is 3.57. The molecule has 122 valence electrons. The Balaban J connectivity index is 0.00000102. The molecule has 2 rings (SSSR count). The number of fused-ring (bicyclic) bond motifs is 1. The average molecular weight is 302 g/mol. The molecule has 0 nitrogen and oxygen atoms in total. The molecule has 0 N–H and O–H groups in total. The van der Waals surface area contributed by atoms with Crippen molar-refractivity contribution in [1.29, 1.82) is 0 Å². The molecule has 0 amide bonds. The van der Waals surface area contributed by atoms with Crippen molar-refractivity contribution in [3.05, 3.63) is 52.8 Å². The number of hydrogen-bond acceptors (Lipinski definition) is 0. The van der Waals surface area contributed by atoms with Gasteiger partial charge in [-0.15, -0.1) is 0 Å². The molecule has 0 aliphatic carbocycles. The van der Waals surface area contributed by atoms with Crippen LogP contribution in [0, 0.1) is 12.7 Å². The van der Waals surface area contributed by atoms with Gasteiger partial charge in [-0.25, -0.2) is 4.39 Å². The van der Waals surface area contributed by atoms with Crippen molar-refractivity contribution in [2.75, 3.05) is 0 Å². The van der Waals surface area contributed by atoms with Crippen molar-refractivity contribution in [2.45, 2.75) is 61.3 Å². The van der Waals surface area contributed by atoms with Gasteiger partial charge in [-0.05, 0) is 58.9 Å². The third-order valence-corrected chi connectivity index (χ3v) is 3.68. The zero-order valence-corrected chi connectivity index (χ0v) is 15.3. The summed E-state index contributed by atoms with van der Waals surface area (Å²) in [6.45, 7) is 18.1. The predicted molar refractivity (Wildman–Crippen MR) is 100 cm³/mol. The van der Waals surface area contributed by atoms with E-state index in [-0.39, 0.29) is 5.82 Å². The second-order valence-electron chi connectivity index (χ2n) is 4.61. The first-order valence-electron chi connectivity index (χ1n) is 8.50. The summed E-state index contributed by atoms with van der Waals surface area (Å²) < 4.78 is 13.9. The monoisotopic (exact) mass is 302 g/mol. The van der Waals surface area contributed by atoms with Gasteiger partial charge < -0.3 is 0 Å². The molecule has 2 aromatic rings. The first kappa shape index (κ1) is 20.4. The highest BCUT2D eigenvalue weighted by Crippen LogP contribution is 2.31. The van der Waals surface area contributed by atoms with Gasteiger partial charge in [-0.3, -0.25) is 0 Å². The molecule has 0 radical (unpaired) electrons. The van der Waals surface area contributed by atoms with Gasteiger partial charge in [-0.1, -0.05) is 66.3 Å². The van der Waals surface area contributed by atoms with E-state index >= 15 is 0 Å². The van der Waals surface area contributed by atoms with Gasteiger partial charge in [0.05, 0.1) is 0 Å². The highest BCUT2D eigenvalue weighted by molar-refractivity contribution is 5.92. The van der Waals surface area contributed by atoms with Crippen molar-refractivity contribution in [3.8, 4) is 0 Å². The Kier molecular flexibility index (Phi) is 9.40. The van der Waals surface area contributed by atoms with E-state index in [4.69, 9.17) is 0 Å². The van der Waals surface area contributed by atoms with Crippen molar-refractivity contribution < 1.29 is 4.39 Å². The van der Waals surface area contributed by atoms with Crippen LogP contribution < -0.4 is 0 Å². The molecule has 0 saturated carbocycles. The summed E-state index contributed by atoms with van der Waals surface area (Å²) in [4.78, 5) is 0. The number of aryl methyl sites for hydroxylation is 3. The van der Waals surface area contributed by atoms with Crippen LogP contribution in [0.4, 0.5) is 4.39 Å². The summed E-state index contributed by atoms with van der Waals surface area (Å²) in [6, 6.07) is 5.62. The molecule has 0 aromatic heterocycles. The predicted octanol–water partition coefficient (Wildman–Crippen LogP) is 7.11. The topological polar surface area (TPSA) is 0 Å². The van der Waals surface area contributed by atoms with Crippen molar-refractivity contribution in [1.82, 2.24) is 0 Å². The van der Waals surface area contributed by atoms with E-state index in [0.29, 0.717) is 6.42 Å². The van der Waals surface area contributed by atoms with Gasteiger partial charge in [0.2, 0.25) is 0 Å². The van der Waals surface area contributed by atoms with Crippen LogP contribution in [0.25, 0.3) is 16.8 Å². The number of halogens is 1. The van der Waals surface area contributed by atoms with E-state index < -0.39 is 0 Å². The van der Waals surface area contributed by atoms with Gasteiger partial charge in [0.1, 0.15) is 5.82 Å². The second-order valence-corrected chi connectivity index (χ2v) is 4.61. The van der Waals surface area contributed by atoms with Crippen LogP contribution in [0.15, 0.2) is 24.8 Å². The molecule has 0 fully saturated rings. The smallest absolute Gasteiger partial charge is 0.127 e. The largest absolute Gasteiger partial charge is 0.207 e. The molecular formula is C21H31F. The highest BCUT2D eigenvalue weighted by Gasteiger charge is 2.12. The minimum Gasteiger partial charge on any atom is -0.207 e. The molecular weight excluding hydrogens is 271 g/mol. The van der Waals surface area contributed by atoms with Crippen LogP contribution >= 0.6 is 0 Å². The van der Waals surface area contributed by atoms with Crippen LogP contribution in [0.3, 0.4) is 0 Å². The van der Waals surface area contributed by atoms with E-state index in [1.54, 1.807) is 6.07 Å². The first-order valence-corrected chi connectivity index (χ1v) is 8.50. The average Bonchev–Trinajstić information content (AvgIpc) is 2.58. The van der Waals surface area contributed by atoms with E-state index in [1.165, 1.54) is 5.56 Å². The third-order valence-electron chi connectivity index (χ3n) is 3.68. The van der Waals surface area contributed by atoms with Gasteiger partial charge in [0.15, 0.2) is 0 Å². The molecule has 0 unspecified atom stereocenters. The lowest BCUT2D eigenvalue weighted by atomic mass is 9.90. The van der Waals surface area contributed by atoms with E-state index in [9.17, 15) is 4.39 Å². The Morgan fingerprint density at radius 2 is 1.64 bits per heavy atom. The maximum Gasteiger partial charge on any atom is 0.127 e. The van der Waals surface area contributed by atoms with Crippen LogP contribution in [0.2, 0.25) is 0 Å². The molecule has 0 spiro atoms. The zero-order chi connectivity index (χ0) is 17.3. The lowest BCUT2D eigenvalue weighted by molar-refractivity contribution is 0.615. The van der Waals surface area contributed by atoms with E-state index in [2.05, 4.69) is 26.5 Å². The van der Waals surface area contributed by atoms with Gasteiger partial charge in [0, 0.05) is 0 Å². The van der Waals surface area contributed by atoms with Crippen LogP contribution in [-0.2, 0) is 12.8 Å². The normalized spacial score (nSPS) is 9.45. The summed E-state index contributed by atoms with van der Waals surface area (Å²) in [5, 5.41) is 2.19. The van der Waals surface area contributed by atoms with Crippen LogP contribution in [0.5, 0.6) is 0 Å². The van der Waals surface area contributed by atoms with Gasteiger partial charge in [-0.2, -0.15) is 0 Å². The number of benzene rings is 2. The first-order chi connectivity index (χ1) is 10.6. The molecule has 0 aliphatic heterocycles. The highest BCUT2D eigenvalue weighted by atomic mass is 19.1. The molecule has 0 aliphatic rings. The summed E-state index contributed by atoms with van der Waals surface area (Å²) in [5.74, 6) is -0.104. The second kappa shape index (κ2) is 10.2. The Labute approximate surface area is 136 Å². The van der Waals surface area contributed by atoms with Gasteiger partial charge >= 0.3 is 0 Å². The Bertz CT molecular complexity index is 609.